The summed E-state index contributed by atoms with van der Waals surface area (Å²) in [6.45, 7) is 4.57. The fourth-order valence-corrected chi connectivity index (χ4v) is 6.26. The molecule has 1 N–H and O–H groups in total. The van der Waals surface area contributed by atoms with Crippen molar-refractivity contribution in [3.63, 3.8) is 0 Å². The molecule has 5 heteroatoms. The third-order valence-corrected chi connectivity index (χ3v) is 7.73. The smallest absolute Gasteiger partial charge is 0.335 e. The molecule has 32 heavy (non-hydrogen) atoms. The van der Waals surface area contributed by atoms with Crippen LogP contribution in [0.25, 0.3) is 0 Å². The number of benzene rings is 2. The van der Waals surface area contributed by atoms with E-state index in [0.717, 1.165) is 23.2 Å². The predicted octanol–water partition coefficient (Wildman–Crippen LogP) is 5.65. The largest absolute Gasteiger partial charge is 0.478 e. The Morgan fingerprint density at radius 3 is 2.72 bits per heavy atom. The Hall–Kier alpha value is -3.21. The molecule has 2 aromatic carbocycles. The quantitative estimate of drug-likeness (QED) is 0.666. The number of carboxylic acids is 1. The second-order valence-electron chi connectivity index (χ2n) is 9.49. The highest BCUT2D eigenvalue weighted by Gasteiger charge is 2.78. The minimum Gasteiger partial charge on any atom is -0.478 e. The van der Waals surface area contributed by atoms with Crippen LogP contribution in [0.2, 0.25) is 0 Å². The van der Waals surface area contributed by atoms with E-state index in [0.29, 0.717) is 13.0 Å². The summed E-state index contributed by atoms with van der Waals surface area (Å²) in [6, 6.07) is 14.6. The molecule has 0 saturated heterocycles. The first-order valence-electron chi connectivity index (χ1n) is 11.1. The summed E-state index contributed by atoms with van der Waals surface area (Å²) in [7, 11) is 0. The molecule has 5 rings (SSSR count). The lowest BCUT2D eigenvalue weighted by Gasteiger charge is -2.33. The first kappa shape index (κ1) is 20.7. The van der Waals surface area contributed by atoms with Gasteiger partial charge in [-0.2, -0.15) is 0 Å². The Kier molecular flexibility index (Phi) is 4.63. The minimum absolute atomic E-state index is 0.0384. The lowest BCUT2D eigenvalue weighted by atomic mass is 9.69. The van der Waals surface area contributed by atoms with E-state index in [2.05, 4.69) is 13.8 Å². The molecule has 1 heterocycles. The number of carbonyl (C=O) groups is 2. The number of amides is 1. The van der Waals surface area contributed by atoms with E-state index in [-0.39, 0.29) is 34.5 Å². The fraction of sp³-hybridized carbons (Fsp3) is 0.333. The highest BCUT2D eigenvalue weighted by molar-refractivity contribution is 6.11. The number of rotatable bonds is 5. The number of carbonyl (C=O) groups excluding carboxylic acids is 1. The van der Waals surface area contributed by atoms with Crippen molar-refractivity contribution in [2.24, 2.45) is 17.3 Å². The number of halogens is 1. The van der Waals surface area contributed by atoms with Crippen LogP contribution in [0.3, 0.4) is 0 Å². The zero-order valence-electron chi connectivity index (χ0n) is 18.2. The van der Waals surface area contributed by atoms with Crippen LogP contribution in [-0.4, -0.2) is 17.0 Å². The van der Waals surface area contributed by atoms with Crippen molar-refractivity contribution in [3.8, 4) is 0 Å². The van der Waals surface area contributed by atoms with E-state index in [1.165, 1.54) is 6.08 Å². The van der Waals surface area contributed by atoms with Gasteiger partial charge in [0.25, 0.3) is 0 Å². The number of anilines is 1. The van der Waals surface area contributed by atoms with Gasteiger partial charge < -0.3 is 10.0 Å². The highest BCUT2D eigenvalue weighted by Crippen LogP contribution is 2.76. The second kappa shape index (κ2) is 7.16. The van der Waals surface area contributed by atoms with E-state index < -0.39 is 11.4 Å². The van der Waals surface area contributed by atoms with E-state index in [4.69, 9.17) is 0 Å². The van der Waals surface area contributed by atoms with Crippen molar-refractivity contribution >= 4 is 17.6 Å². The van der Waals surface area contributed by atoms with Crippen LogP contribution in [-0.2, 0) is 16.8 Å². The van der Waals surface area contributed by atoms with Crippen LogP contribution >= 0.6 is 0 Å². The topological polar surface area (TPSA) is 57.6 Å². The van der Waals surface area contributed by atoms with Crippen molar-refractivity contribution in [1.29, 1.82) is 0 Å². The van der Waals surface area contributed by atoms with E-state index in [1.807, 2.05) is 36.4 Å². The Morgan fingerprint density at radius 2 is 2.00 bits per heavy atom. The Labute approximate surface area is 187 Å². The van der Waals surface area contributed by atoms with Crippen LogP contribution in [0.4, 0.5) is 10.1 Å². The molecule has 0 radical (unpaired) electrons. The second-order valence-corrected chi connectivity index (χ2v) is 9.49. The van der Waals surface area contributed by atoms with Gasteiger partial charge in [-0.05, 0) is 71.6 Å². The maximum absolute atomic E-state index is 14.2. The minimum atomic E-state index is -0.989. The van der Waals surface area contributed by atoms with Crippen LogP contribution < -0.4 is 4.90 Å². The van der Waals surface area contributed by atoms with Crippen molar-refractivity contribution in [1.82, 2.24) is 0 Å². The average Bonchev–Trinajstić information content (AvgIpc) is 3.45. The van der Waals surface area contributed by atoms with E-state index in [1.54, 1.807) is 29.2 Å². The summed E-state index contributed by atoms with van der Waals surface area (Å²) >= 11 is 0. The predicted molar refractivity (Wildman–Crippen MR) is 121 cm³/mol. The maximum atomic E-state index is 14.2. The Balaban J connectivity index is 1.57. The van der Waals surface area contributed by atoms with Crippen LogP contribution in [0.15, 0.2) is 72.6 Å². The number of nitrogens with zero attached hydrogens (tertiary/aromatic N) is 1. The molecule has 0 aromatic heterocycles. The number of fused-ring (bicyclic) bond motifs is 2. The van der Waals surface area contributed by atoms with Gasteiger partial charge in [-0.3, -0.25) is 4.79 Å². The molecule has 1 saturated carbocycles. The molecular weight excluding hydrogens is 405 g/mol. The molecule has 1 spiro atoms. The molecule has 0 bridgehead atoms. The monoisotopic (exact) mass is 431 g/mol. The van der Waals surface area contributed by atoms with Crippen molar-refractivity contribution in [2.75, 3.05) is 4.90 Å². The molecule has 4 nitrogen and oxygen atoms in total. The summed E-state index contributed by atoms with van der Waals surface area (Å²) in [6.07, 6.45) is 6.50. The molecule has 1 fully saturated rings. The first-order valence-corrected chi connectivity index (χ1v) is 11.1. The van der Waals surface area contributed by atoms with E-state index in [9.17, 15) is 19.1 Å². The van der Waals surface area contributed by atoms with Gasteiger partial charge in [0.15, 0.2) is 0 Å². The van der Waals surface area contributed by atoms with Crippen LogP contribution in [0.5, 0.6) is 0 Å². The van der Waals surface area contributed by atoms with Gasteiger partial charge in [-0.15, -0.1) is 0 Å². The number of carboxylic acid groups (broad SMARTS) is 1. The summed E-state index contributed by atoms with van der Waals surface area (Å²) in [5, 5.41) is 9.35. The van der Waals surface area contributed by atoms with Crippen molar-refractivity contribution < 1.29 is 19.1 Å². The molecule has 1 aliphatic heterocycles. The van der Waals surface area contributed by atoms with Gasteiger partial charge >= 0.3 is 5.97 Å². The highest BCUT2D eigenvalue weighted by atomic mass is 19.1. The zero-order valence-corrected chi connectivity index (χ0v) is 18.2. The molecule has 2 aromatic rings. The van der Waals surface area contributed by atoms with Crippen LogP contribution in [0, 0.1) is 17.3 Å². The summed E-state index contributed by atoms with van der Waals surface area (Å²) in [5.74, 6) is -1.03. The molecular formula is C27H26FNO3. The van der Waals surface area contributed by atoms with Gasteiger partial charge in [0, 0.05) is 5.69 Å². The number of allylic oxidation sites excluding steroid dienone is 4. The molecule has 1 unspecified atom stereocenters. The van der Waals surface area contributed by atoms with Crippen molar-refractivity contribution in [3.05, 3.63) is 89.3 Å². The van der Waals surface area contributed by atoms with Gasteiger partial charge in [0.05, 0.1) is 17.5 Å². The van der Waals surface area contributed by atoms with E-state index >= 15 is 0 Å². The van der Waals surface area contributed by atoms with Gasteiger partial charge in [0.2, 0.25) is 5.91 Å². The molecule has 164 valence electrons. The molecule has 3 atom stereocenters. The van der Waals surface area contributed by atoms with Crippen molar-refractivity contribution in [2.45, 2.75) is 38.6 Å². The van der Waals surface area contributed by atoms with Crippen LogP contribution in [0.1, 0.15) is 48.2 Å². The summed E-state index contributed by atoms with van der Waals surface area (Å²) in [4.78, 5) is 27.3. The average molecular weight is 432 g/mol. The summed E-state index contributed by atoms with van der Waals surface area (Å²) in [5.41, 5.74) is 1.84. The lowest BCUT2D eigenvalue weighted by Crippen LogP contribution is -2.39. The molecule has 1 amide bonds. The SMILES string of the molecule is CC(C)[C@@]1(C2C=C(F)C=CC2)C[C@@]12C(=O)N(Cc1cccc(C(=O)O)c1)c1ccccc12. The normalized spacial score (nSPS) is 28.2. The lowest BCUT2D eigenvalue weighted by molar-refractivity contribution is -0.121. The molecule has 3 aliphatic rings. The molecule has 2 aliphatic carbocycles. The Morgan fingerprint density at radius 1 is 1.22 bits per heavy atom. The number of para-hydroxylation sites is 1. The standard InChI is InChI=1S/C27H26FNO3/c1-17(2)26(20-9-6-10-21(28)14-20)16-27(26)22-11-3-4-12-23(22)29(25(27)32)15-18-7-5-8-19(13-18)24(30)31/h3-8,10-14,17,20H,9,15-16H2,1-2H3,(H,30,31)/t20?,26-,27-/m1/s1. The summed E-state index contributed by atoms with van der Waals surface area (Å²) < 4.78 is 14.2. The first-order chi connectivity index (χ1) is 15.3. The van der Waals surface area contributed by atoms with Gasteiger partial charge in [-0.1, -0.05) is 50.3 Å². The third kappa shape index (κ3) is 2.73. The Bertz CT molecular complexity index is 1180. The van der Waals surface area contributed by atoms with Gasteiger partial charge in [-0.25, -0.2) is 9.18 Å². The van der Waals surface area contributed by atoms with Gasteiger partial charge in [0.1, 0.15) is 5.83 Å². The maximum Gasteiger partial charge on any atom is 0.335 e. The number of hydrogen-bond donors (Lipinski definition) is 1. The zero-order chi connectivity index (χ0) is 22.7. The number of hydrogen-bond acceptors (Lipinski definition) is 2. The number of aromatic carboxylic acids is 1. The fourth-order valence-electron chi connectivity index (χ4n) is 6.26. The third-order valence-electron chi connectivity index (χ3n) is 7.73.